The van der Waals surface area contributed by atoms with Crippen molar-refractivity contribution < 1.29 is 24.3 Å². The van der Waals surface area contributed by atoms with Crippen molar-refractivity contribution in [3.05, 3.63) is 58.5 Å². The van der Waals surface area contributed by atoms with Crippen LogP contribution in [0.1, 0.15) is 24.4 Å². The fraction of sp³-hybridized carbons (Fsp3) is 0.273. The molecule has 0 bridgehead atoms. The van der Waals surface area contributed by atoms with Gasteiger partial charge in [0.1, 0.15) is 28.7 Å². The molecular formula is C22H20N8O5S4. The predicted molar refractivity (Wildman–Crippen MR) is 147 cm³/mol. The van der Waals surface area contributed by atoms with Crippen molar-refractivity contribution in [2.45, 2.75) is 28.8 Å². The number of carboxylic acid groups (broad SMARTS) is 1. The Balaban J connectivity index is 1.32. The number of carbonyl (C=O) groups excluding carboxylic acids is 2. The number of oxime groups is 1. The number of β-lactam (4-membered cyclic amide) rings is 1. The Morgan fingerprint density at radius 3 is 2.82 bits per heavy atom. The number of nitrogen functional groups attached to an aromatic ring is 1. The second-order valence-electron chi connectivity index (χ2n) is 8.17. The molecule has 3 aromatic rings. The van der Waals surface area contributed by atoms with Gasteiger partial charge in [-0.15, -0.1) is 22.0 Å². The minimum absolute atomic E-state index is 0.0442. The largest absolute Gasteiger partial charge is 0.477 e. The molecule has 0 aliphatic carbocycles. The molecule has 3 unspecified atom stereocenters. The van der Waals surface area contributed by atoms with Gasteiger partial charge in [-0.3, -0.25) is 14.5 Å². The summed E-state index contributed by atoms with van der Waals surface area (Å²) in [5.74, 6) is -1.82. The van der Waals surface area contributed by atoms with Crippen LogP contribution in [0, 0.1) is 0 Å². The topological polar surface area (TPSA) is 186 Å². The molecule has 17 heteroatoms. The maximum Gasteiger partial charge on any atom is 0.352 e. The number of carboxylic acids is 1. The van der Waals surface area contributed by atoms with E-state index in [0.717, 1.165) is 17.1 Å². The first-order valence-electron chi connectivity index (χ1n) is 11.3. The fourth-order valence-electron chi connectivity index (χ4n) is 3.81. The molecule has 4 heterocycles. The lowest BCUT2D eigenvalue weighted by Crippen LogP contribution is -2.71. The van der Waals surface area contributed by atoms with Gasteiger partial charge < -0.3 is 21.0 Å². The highest BCUT2D eigenvalue weighted by Gasteiger charge is 2.54. The van der Waals surface area contributed by atoms with Gasteiger partial charge in [0.25, 0.3) is 11.8 Å². The molecule has 1 aromatic carbocycles. The number of aromatic nitrogens is 4. The number of hydrogen-bond donors (Lipinski definition) is 3. The van der Waals surface area contributed by atoms with E-state index >= 15 is 0 Å². The van der Waals surface area contributed by atoms with Crippen molar-refractivity contribution in [2.75, 3.05) is 17.2 Å². The van der Waals surface area contributed by atoms with E-state index < -0.39 is 35.3 Å². The lowest BCUT2D eigenvalue weighted by atomic mass is 10.0. The zero-order chi connectivity index (χ0) is 27.5. The number of rotatable bonds is 10. The Morgan fingerprint density at radius 2 is 2.15 bits per heavy atom. The van der Waals surface area contributed by atoms with E-state index in [4.69, 9.17) is 10.6 Å². The molecule has 0 radical (unpaired) electrons. The van der Waals surface area contributed by atoms with Crippen molar-refractivity contribution in [2.24, 2.45) is 5.16 Å². The summed E-state index contributed by atoms with van der Waals surface area (Å²) >= 11 is 4.95. The first-order chi connectivity index (χ1) is 18.8. The fourth-order valence-corrected chi connectivity index (χ4v) is 7.22. The van der Waals surface area contributed by atoms with Crippen LogP contribution in [0.2, 0.25) is 0 Å². The third-order valence-corrected chi connectivity index (χ3v) is 9.51. The molecule has 1 saturated heterocycles. The second kappa shape index (κ2) is 11.7. The number of aliphatic carboxylic acids is 1. The summed E-state index contributed by atoms with van der Waals surface area (Å²) in [7, 11) is 0. The zero-order valence-corrected chi connectivity index (χ0v) is 23.4. The standard InChI is InChI=1S/C22H20N8O5S4/c1-10(11-5-3-2-4-6-11)35-28-13(16-26-21(23)39-29-16)17(31)25-14-18(32)30-15(20(33)34)12(7-36-19(14)30)8-37-22-27-24-9-38-22/h2-6,9-10,14,19H,7-8H2,1H3,(H,25,31)(H,33,34)(H2,23,26,29)/b28-13+. The van der Waals surface area contributed by atoms with Crippen LogP contribution in [-0.2, 0) is 19.2 Å². The third kappa shape index (κ3) is 5.75. The van der Waals surface area contributed by atoms with Gasteiger partial charge >= 0.3 is 5.97 Å². The number of nitrogens with two attached hydrogens (primary N) is 1. The molecule has 2 aliphatic heterocycles. The molecule has 2 amide bonds. The number of nitrogens with one attached hydrogen (secondary N) is 1. The Morgan fingerprint density at radius 1 is 1.36 bits per heavy atom. The molecule has 0 spiro atoms. The molecule has 202 valence electrons. The van der Waals surface area contributed by atoms with Crippen LogP contribution in [0.5, 0.6) is 0 Å². The van der Waals surface area contributed by atoms with E-state index in [1.807, 2.05) is 30.3 Å². The van der Waals surface area contributed by atoms with Gasteiger partial charge in [0.15, 0.2) is 9.47 Å². The van der Waals surface area contributed by atoms with E-state index in [9.17, 15) is 19.5 Å². The van der Waals surface area contributed by atoms with Gasteiger partial charge in [-0.1, -0.05) is 58.6 Å². The van der Waals surface area contributed by atoms with Gasteiger partial charge in [0.05, 0.1) is 0 Å². The van der Waals surface area contributed by atoms with Crippen LogP contribution in [-0.4, -0.2) is 76.0 Å². The number of carbonyl (C=O) groups is 3. The molecular weight excluding hydrogens is 585 g/mol. The molecule has 5 rings (SSSR count). The number of thioether (sulfide) groups is 2. The summed E-state index contributed by atoms with van der Waals surface area (Å²) in [5, 5.41) is 23.8. The van der Waals surface area contributed by atoms with Crippen LogP contribution >= 0.6 is 46.4 Å². The smallest absolute Gasteiger partial charge is 0.352 e. The summed E-state index contributed by atoms with van der Waals surface area (Å²) < 4.78 is 4.76. The van der Waals surface area contributed by atoms with Crippen molar-refractivity contribution in [1.29, 1.82) is 0 Å². The number of benzene rings is 1. The number of amides is 2. The van der Waals surface area contributed by atoms with Crippen molar-refractivity contribution in [3.8, 4) is 0 Å². The number of nitrogens with zero attached hydrogens (tertiary/aromatic N) is 6. The lowest BCUT2D eigenvalue weighted by Gasteiger charge is -2.49. The average Bonchev–Trinajstić information content (AvgIpc) is 3.62. The van der Waals surface area contributed by atoms with Gasteiger partial charge in [0.2, 0.25) is 11.5 Å². The number of anilines is 1. The van der Waals surface area contributed by atoms with Gasteiger partial charge in [-0.2, -0.15) is 9.36 Å². The maximum absolute atomic E-state index is 13.3. The average molecular weight is 605 g/mol. The SMILES string of the molecule is CC(O/N=C(/C(=O)NC1C(=O)N2C(C(=O)O)=C(CSc3nncs3)CSC12)c1nsc(N)n1)c1ccccc1. The maximum atomic E-state index is 13.3. The highest BCUT2D eigenvalue weighted by atomic mass is 32.2. The minimum Gasteiger partial charge on any atom is -0.477 e. The molecule has 4 N–H and O–H groups in total. The molecule has 2 aromatic heterocycles. The Hall–Kier alpha value is -3.54. The molecule has 39 heavy (non-hydrogen) atoms. The predicted octanol–water partition coefficient (Wildman–Crippen LogP) is 1.98. The van der Waals surface area contributed by atoms with E-state index in [2.05, 4.69) is 30.0 Å². The summed E-state index contributed by atoms with van der Waals surface area (Å²) in [4.78, 5) is 49.3. The van der Waals surface area contributed by atoms with Gasteiger partial charge in [-0.05, 0) is 18.1 Å². The van der Waals surface area contributed by atoms with E-state index in [0.29, 0.717) is 21.4 Å². The van der Waals surface area contributed by atoms with Gasteiger partial charge in [-0.25, -0.2) is 4.79 Å². The van der Waals surface area contributed by atoms with Crippen LogP contribution in [0.15, 0.2) is 56.6 Å². The van der Waals surface area contributed by atoms with Crippen molar-refractivity contribution >= 4 is 75.0 Å². The Labute approximate surface area is 238 Å². The highest BCUT2D eigenvalue weighted by molar-refractivity contribution is 8.01. The van der Waals surface area contributed by atoms with Crippen molar-refractivity contribution in [1.82, 2.24) is 29.8 Å². The normalized spacial score (nSPS) is 19.8. The molecule has 2 aliphatic rings. The number of hydrogen-bond acceptors (Lipinski definition) is 14. The monoisotopic (exact) mass is 604 g/mol. The molecule has 13 nitrogen and oxygen atoms in total. The molecule has 1 fully saturated rings. The number of fused-ring (bicyclic) bond motifs is 1. The van der Waals surface area contributed by atoms with E-state index in [1.54, 1.807) is 12.4 Å². The summed E-state index contributed by atoms with van der Waals surface area (Å²) in [6.45, 7) is 1.77. The first-order valence-corrected chi connectivity index (χ1v) is 15.0. The highest BCUT2D eigenvalue weighted by Crippen LogP contribution is 2.41. The zero-order valence-electron chi connectivity index (χ0n) is 20.1. The lowest BCUT2D eigenvalue weighted by molar-refractivity contribution is -0.150. The minimum atomic E-state index is -1.21. The van der Waals surface area contributed by atoms with E-state index in [-0.39, 0.29) is 22.4 Å². The van der Waals surface area contributed by atoms with Crippen LogP contribution < -0.4 is 11.1 Å². The molecule has 0 saturated carbocycles. The van der Waals surface area contributed by atoms with Crippen molar-refractivity contribution in [3.63, 3.8) is 0 Å². The first kappa shape index (κ1) is 27.0. The van der Waals surface area contributed by atoms with Crippen LogP contribution in [0.25, 0.3) is 0 Å². The van der Waals surface area contributed by atoms with Crippen LogP contribution in [0.4, 0.5) is 5.13 Å². The second-order valence-corrected chi connectivity index (χ2v) is 12.1. The summed E-state index contributed by atoms with van der Waals surface area (Å²) in [5.41, 5.74) is 8.40. The Kier molecular flexibility index (Phi) is 8.10. The summed E-state index contributed by atoms with van der Waals surface area (Å²) in [6.07, 6.45) is -0.487. The quantitative estimate of drug-likeness (QED) is 0.132. The third-order valence-electron chi connectivity index (χ3n) is 5.69. The van der Waals surface area contributed by atoms with E-state index in [1.165, 1.54) is 39.8 Å². The Bertz CT molecular complexity index is 1450. The van der Waals surface area contributed by atoms with Crippen LogP contribution in [0.3, 0.4) is 0 Å². The van der Waals surface area contributed by atoms with Gasteiger partial charge in [0, 0.05) is 23.0 Å². The molecule has 3 atom stereocenters. The summed E-state index contributed by atoms with van der Waals surface area (Å²) in [6, 6.07) is 8.32.